The second-order valence-electron chi connectivity index (χ2n) is 5.97. The first-order valence-electron chi connectivity index (χ1n) is 7.73. The number of aliphatic hydroxyl groups excluding tert-OH is 2. The van der Waals surface area contributed by atoms with E-state index in [2.05, 4.69) is 0 Å². The molecule has 0 amide bonds. The first kappa shape index (κ1) is 17.1. The number of hydrogen-bond acceptors (Lipinski definition) is 8. The lowest BCUT2D eigenvalue weighted by Crippen LogP contribution is -2.46. The summed E-state index contributed by atoms with van der Waals surface area (Å²) in [5.74, 6) is -2.10. The van der Waals surface area contributed by atoms with Crippen LogP contribution in [-0.2, 0) is 19.3 Å². The summed E-state index contributed by atoms with van der Waals surface area (Å²) in [5, 5.41) is 22.4. The fraction of sp³-hybridized carbons (Fsp3) is 0.857. The monoisotopic (exact) mass is 316 g/mol. The zero-order valence-corrected chi connectivity index (χ0v) is 13.0. The van der Waals surface area contributed by atoms with Crippen molar-refractivity contribution in [2.24, 2.45) is 0 Å². The van der Waals surface area contributed by atoms with Crippen LogP contribution in [-0.4, -0.2) is 69.7 Å². The Bertz CT molecular complexity index is 380. The maximum Gasteiger partial charge on any atom is 0.357 e. The van der Waals surface area contributed by atoms with Crippen molar-refractivity contribution >= 4 is 11.9 Å². The lowest BCUT2D eigenvalue weighted by atomic mass is 10.2. The first-order valence-corrected chi connectivity index (χ1v) is 7.73. The average Bonchev–Trinajstić information content (AvgIpc) is 3.07. The van der Waals surface area contributed by atoms with Gasteiger partial charge in [-0.3, -0.25) is 0 Å². The van der Waals surface area contributed by atoms with Gasteiger partial charge in [-0.2, -0.15) is 0 Å². The Morgan fingerprint density at radius 3 is 1.55 bits per heavy atom. The van der Waals surface area contributed by atoms with Crippen LogP contribution in [0.25, 0.3) is 0 Å². The van der Waals surface area contributed by atoms with E-state index in [0.29, 0.717) is 13.1 Å². The molecule has 2 heterocycles. The predicted octanol–water partition coefficient (Wildman–Crippen LogP) is -0.407. The second kappa shape index (κ2) is 7.36. The van der Waals surface area contributed by atoms with Crippen molar-refractivity contribution in [3.8, 4) is 0 Å². The minimum Gasteiger partial charge on any atom is -0.379 e. The molecule has 22 heavy (non-hydrogen) atoms. The summed E-state index contributed by atoms with van der Waals surface area (Å²) in [5.41, 5.74) is 0. The molecule has 0 aromatic rings. The van der Waals surface area contributed by atoms with Gasteiger partial charge in [-0.25, -0.2) is 9.59 Å². The third-order valence-electron chi connectivity index (χ3n) is 4.18. The Morgan fingerprint density at radius 2 is 1.27 bits per heavy atom. The zero-order valence-electron chi connectivity index (χ0n) is 13.0. The van der Waals surface area contributed by atoms with Crippen molar-refractivity contribution in [1.29, 1.82) is 0 Å². The molecule has 2 rings (SSSR count). The van der Waals surface area contributed by atoms with Crippen LogP contribution >= 0.6 is 0 Å². The molecule has 0 saturated carbocycles. The third kappa shape index (κ3) is 3.95. The maximum atomic E-state index is 11.8. The Balaban J connectivity index is 1.83. The number of rotatable bonds is 5. The molecule has 2 fully saturated rings. The Labute approximate surface area is 129 Å². The highest BCUT2D eigenvalue weighted by Crippen LogP contribution is 2.19. The summed E-state index contributed by atoms with van der Waals surface area (Å²) >= 11 is 0. The fourth-order valence-corrected chi connectivity index (χ4v) is 2.68. The van der Waals surface area contributed by atoms with Crippen molar-refractivity contribution in [2.75, 3.05) is 13.1 Å². The van der Waals surface area contributed by atoms with E-state index >= 15 is 0 Å². The molecule has 0 aromatic carbocycles. The van der Waals surface area contributed by atoms with E-state index in [1.54, 1.807) is 0 Å². The molecule has 2 aliphatic rings. The van der Waals surface area contributed by atoms with Crippen LogP contribution in [0.4, 0.5) is 0 Å². The van der Waals surface area contributed by atoms with Crippen molar-refractivity contribution in [3.05, 3.63) is 0 Å². The van der Waals surface area contributed by atoms with E-state index in [-0.39, 0.29) is 12.1 Å². The summed E-state index contributed by atoms with van der Waals surface area (Å²) in [6.07, 6.45) is -0.359. The molecular formula is C14H24N2O6. The average molecular weight is 316 g/mol. The van der Waals surface area contributed by atoms with Crippen LogP contribution in [0.15, 0.2) is 0 Å². The quantitative estimate of drug-likeness (QED) is 0.706. The second-order valence-corrected chi connectivity index (χ2v) is 5.97. The Hall–Kier alpha value is -1.22. The van der Waals surface area contributed by atoms with Crippen LogP contribution in [0.3, 0.4) is 0 Å². The summed E-state index contributed by atoms with van der Waals surface area (Å²) in [6.45, 7) is 4.94. The summed E-state index contributed by atoms with van der Waals surface area (Å²) < 4.78 is 0. The number of hydrogen-bond donors (Lipinski definition) is 2. The van der Waals surface area contributed by atoms with Crippen LogP contribution in [0.1, 0.15) is 39.5 Å². The van der Waals surface area contributed by atoms with E-state index in [4.69, 9.17) is 9.68 Å². The maximum absolute atomic E-state index is 11.8. The standard InChI is InChI=1S/C14H24N2O6/c1-9-5-3-7-15(9)21-13(19)11(17)12(18)14(20)22-16-8-4-6-10(16)2/h9-12,17-18H,3-8H2,1-2H3. The number of nitrogens with zero attached hydrogens (tertiary/aromatic N) is 2. The molecule has 2 aliphatic heterocycles. The van der Waals surface area contributed by atoms with Gasteiger partial charge >= 0.3 is 11.9 Å². The van der Waals surface area contributed by atoms with Gasteiger partial charge in [0.1, 0.15) is 0 Å². The van der Waals surface area contributed by atoms with E-state index in [1.807, 2.05) is 13.8 Å². The molecule has 2 saturated heterocycles. The van der Waals surface area contributed by atoms with E-state index in [1.165, 1.54) is 10.1 Å². The van der Waals surface area contributed by atoms with Crippen molar-refractivity contribution in [1.82, 2.24) is 10.1 Å². The smallest absolute Gasteiger partial charge is 0.357 e. The highest BCUT2D eigenvalue weighted by Gasteiger charge is 2.37. The largest absolute Gasteiger partial charge is 0.379 e. The predicted molar refractivity (Wildman–Crippen MR) is 75.0 cm³/mol. The third-order valence-corrected chi connectivity index (χ3v) is 4.18. The molecule has 0 bridgehead atoms. The van der Waals surface area contributed by atoms with Crippen molar-refractivity contribution in [3.63, 3.8) is 0 Å². The van der Waals surface area contributed by atoms with Gasteiger partial charge in [0.25, 0.3) is 0 Å². The molecule has 126 valence electrons. The number of hydroxylamine groups is 4. The van der Waals surface area contributed by atoms with Crippen LogP contribution < -0.4 is 0 Å². The topological polar surface area (TPSA) is 99.5 Å². The van der Waals surface area contributed by atoms with Crippen molar-refractivity contribution in [2.45, 2.75) is 63.8 Å². The zero-order chi connectivity index (χ0) is 16.3. The highest BCUT2D eigenvalue weighted by molar-refractivity contribution is 5.85. The number of carbonyl (C=O) groups is 2. The van der Waals surface area contributed by atoms with Gasteiger partial charge in [0.15, 0.2) is 12.2 Å². The van der Waals surface area contributed by atoms with Crippen LogP contribution in [0.2, 0.25) is 0 Å². The highest BCUT2D eigenvalue weighted by atomic mass is 16.7. The summed E-state index contributed by atoms with van der Waals surface area (Å²) in [7, 11) is 0. The van der Waals surface area contributed by atoms with Gasteiger partial charge in [-0.15, -0.1) is 10.1 Å². The van der Waals surface area contributed by atoms with E-state index in [0.717, 1.165) is 25.7 Å². The Kier molecular flexibility index (Phi) is 5.74. The SMILES string of the molecule is CC1CCCN1OC(=O)C(O)C(O)C(=O)ON1CCCC1C. The molecule has 4 unspecified atom stereocenters. The Morgan fingerprint density at radius 1 is 0.909 bits per heavy atom. The van der Waals surface area contributed by atoms with Gasteiger partial charge < -0.3 is 19.9 Å². The number of aliphatic hydroxyl groups is 2. The van der Waals surface area contributed by atoms with Gasteiger partial charge in [-0.1, -0.05) is 0 Å². The minimum absolute atomic E-state index is 0.0608. The van der Waals surface area contributed by atoms with Crippen molar-refractivity contribution < 1.29 is 29.5 Å². The molecule has 8 heteroatoms. The summed E-state index contributed by atoms with van der Waals surface area (Å²) in [4.78, 5) is 33.6. The first-order chi connectivity index (χ1) is 10.4. The molecule has 8 nitrogen and oxygen atoms in total. The number of carbonyl (C=O) groups excluding carboxylic acids is 2. The van der Waals surface area contributed by atoms with Gasteiger partial charge in [-0.05, 0) is 39.5 Å². The normalized spacial score (nSPS) is 29.3. The molecule has 0 radical (unpaired) electrons. The van der Waals surface area contributed by atoms with Gasteiger partial charge in [0.2, 0.25) is 0 Å². The lowest BCUT2D eigenvalue weighted by Gasteiger charge is -2.24. The molecule has 4 atom stereocenters. The molecule has 2 N–H and O–H groups in total. The fourth-order valence-electron chi connectivity index (χ4n) is 2.68. The van der Waals surface area contributed by atoms with E-state index in [9.17, 15) is 19.8 Å². The molecule has 0 spiro atoms. The minimum atomic E-state index is -1.96. The molecular weight excluding hydrogens is 292 g/mol. The lowest BCUT2D eigenvalue weighted by molar-refractivity contribution is -0.221. The van der Waals surface area contributed by atoms with Gasteiger partial charge in [0.05, 0.1) is 0 Å². The van der Waals surface area contributed by atoms with Crippen LogP contribution in [0.5, 0.6) is 0 Å². The van der Waals surface area contributed by atoms with Crippen LogP contribution in [0, 0.1) is 0 Å². The molecule has 0 aliphatic carbocycles. The van der Waals surface area contributed by atoms with Gasteiger partial charge in [0, 0.05) is 25.2 Å². The molecule has 0 aromatic heterocycles. The summed E-state index contributed by atoms with van der Waals surface area (Å²) in [6, 6.07) is 0.122. The van der Waals surface area contributed by atoms with E-state index < -0.39 is 24.1 Å².